The van der Waals surface area contributed by atoms with E-state index >= 15 is 0 Å². The van der Waals surface area contributed by atoms with Gasteiger partial charge in [-0.2, -0.15) is 0 Å². The van der Waals surface area contributed by atoms with Gasteiger partial charge in [0.25, 0.3) is 0 Å². The molecule has 0 saturated carbocycles. The van der Waals surface area contributed by atoms with Gasteiger partial charge >= 0.3 is 0 Å². The summed E-state index contributed by atoms with van der Waals surface area (Å²) in [5.41, 5.74) is 0. The second-order valence-corrected chi connectivity index (χ2v) is 6.90. The van der Waals surface area contributed by atoms with Gasteiger partial charge in [-0.1, -0.05) is 27.7 Å². The molecule has 3 amide bonds. The molecule has 6 heteroatoms. The molecule has 1 fully saturated rings. The van der Waals surface area contributed by atoms with Crippen molar-refractivity contribution in [3.8, 4) is 0 Å². The van der Waals surface area contributed by atoms with Gasteiger partial charge in [0.15, 0.2) is 0 Å². The number of amides is 3. The van der Waals surface area contributed by atoms with Gasteiger partial charge in [-0.25, -0.2) is 0 Å². The minimum absolute atomic E-state index is 0.0360. The molecule has 0 bridgehead atoms. The molecule has 1 rings (SSSR count). The molecule has 1 N–H and O–H groups in total. The third-order valence-electron chi connectivity index (χ3n) is 4.24. The van der Waals surface area contributed by atoms with Crippen LogP contribution in [-0.4, -0.2) is 59.7 Å². The molecule has 0 radical (unpaired) electrons. The first kappa shape index (κ1) is 20.5. The van der Waals surface area contributed by atoms with Gasteiger partial charge in [0.1, 0.15) is 6.04 Å². The largest absolute Gasteiger partial charge is 0.353 e. The summed E-state index contributed by atoms with van der Waals surface area (Å²) in [6, 6.07) is -0.399. The standard InChI is InChI=1S/C18H33N3O3/c1-5-10-20(11-6-2)16(22)7-8-17(23)21-12-9-19-18(24)15(21)13-14(3)4/h14-15H,5-13H2,1-4H3,(H,19,24)/t15-/m0/s1. The number of rotatable bonds is 9. The van der Waals surface area contributed by atoms with Crippen molar-refractivity contribution in [2.45, 2.75) is 65.8 Å². The molecule has 1 aliphatic rings. The van der Waals surface area contributed by atoms with E-state index in [0.29, 0.717) is 25.4 Å². The van der Waals surface area contributed by atoms with Crippen molar-refractivity contribution < 1.29 is 14.4 Å². The lowest BCUT2D eigenvalue weighted by Gasteiger charge is -2.36. The number of hydrogen-bond donors (Lipinski definition) is 1. The van der Waals surface area contributed by atoms with Crippen LogP contribution in [0.25, 0.3) is 0 Å². The highest BCUT2D eigenvalue weighted by Gasteiger charge is 2.33. The summed E-state index contributed by atoms with van der Waals surface area (Å²) in [5, 5.41) is 2.83. The molecule has 1 saturated heterocycles. The van der Waals surface area contributed by atoms with Crippen molar-refractivity contribution in [1.29, 1.82) is 0 Å². The van der Waals surface area contributed by atoms with Crippen molar-refractivity contribution in [2.24, 2.45) is 5.92 Å². The maximum absolute atomic E-state index is 12.6. The van der Waals surface area contributed by atoms with Crippen LogP contribution in [0.5, 0.6) is 0 Å². The summed E-state index contributed by atoms with van der Waals surface area (Å²) in [6.07, 6.45) is 2.91. The van der Waals surface area contributed by atoms with Crippen molar-refractivity contribution in [1.82, 2.24) is 15.1 Å². The highest BCUT2D eigenvalue weighted by Crippen LogP contribution is 2.16. The summed E-state index contributed by atoms with van der Waals surface area (Å²) >= 11 is 0. The Hall–Kier alpha value is -1.59. The molecule has 0 aromatic carbocycles. The summed E-state index contributed by atoms with van der Waals surface area (Å²) in [5.74, 6) is 0.208. The average molecular weight is 339 g/mol. The summed E-state index contributed by atoms with van der Waals surface area (Å²) in [6.45, 7) is 10.7. The Labute approximate surface area is 145 Å². The SMILES string of the molecule is CCCN(CCC)C(=O)CCC(=O)N1CCNC(=O)[C@@H]1CC(C)C. The molecular formula is C18H33N3O3. The fourth-order valence-corrected chi connectivity index (χ4v) is 3.11. The van der Waals surface area contributed by atoms with Crippen LogP contribution >= 0.6 is 0 Å². The van der Waals surface area contributed by atoms with Gasteiger partial charge in [-0.15, -0.1) is 0 Å². The Balaban J connectivity index is 2.61. The Kier molecular flexibility index (Phi) is 8.79. The third kappa shape index (κ3) is 6.13. The molecule has 0 aromatic rings. The lowest BCUT2D eigenvalue weighted by atomic mass is 9.99. The van der Waals surface area contributed by atoms with Crippen LogP contribution in [0.15, 0.2) is 0 Å². The van der Waals surface area contributed by atoms with Crippen LogP contribution in [0.3, 0.4) is 0 Å². The second kappa shape index (κ2) is 10.3. The molecule has 0 aromatic heterocycles. The first-order valence-electron chi connectivity index (χ1n) is 9.25. The minimum Gasteiger partial charge on any atom is -0.353 e. The van der Waals surface area contributed by atoms with Gasteiger partial charge < -0.3 is 15.1 Å². The van der Waals surface area contributed by atoms with Gasteiger partial charge in [0.2, 0.25) is 17.7 Å². The van der Waals surface area contributed by atoms with Crippen LogP contribution < -0.4 is 5.32 Å². The van der Waals surface area contributed by atoms with E-state index in [4.69, 9.17) is 0 Å². The topological polar surface area (TPSA) is 69.7 Å². The maximum atomic E-state index is 12.6. The lowest BCUT2D eigenvalue weighted by Crippen LogP contribution is -2.57. The zero-order valence-corrected chi connectivity index (χ0v) is 15.6. The van der Waals surface area contributed by atoms with Crippen molar-refractivity contribution in [2.75, 3.05) is 26.2 Å². The zero-order chi connectivity index (χ0) is 18.1. The Morgan fingerprint density at radius 1 is 1.21 bits per heavy atom. The molecule has 0 spiro atoms. The van der Waals surface area contributed by atoms with Gasteiger partial charge in [-0.05, 0) is 25.2 Å². The number of nitrogens with one attached hydrogen (secondary N) is 1. The highest BCUT2D eigenvalue weighted by molar-refractivity contribution is 5.90. The number of carbonyl (C=O) groups excluding carboxylic acids is 3. The molecule has 1 atom stereocenters. The maximum Gasteiger partial charge on any atom is 0.242 e. The first-order chi connectivity index (χ1) is 11.4. The normalized spacial score (nSPS) is 17.8. The van der Waals surface area contributed by atoms with Crippen LogP contribution in [0, 0.1) is 5.92 Å². The predicted octanol–water partition coefficient (Wildman–Crippen LogP) is 1.79. The fraction of sp³-hybridized carbons (Fsp3) is 0.833. The molecule has 138 valence electrons. The fourth-order valence-electron chi connectivity index (χ4n) is 3.11. The van der Waals surface area contributed by atoms with E-state index < -0.39 is 6.04 Å². The number of piperazine rings is 1. The highest BCUT2D eigenvalue weighted by atomic mass is 16.2. The van der Waals surface area contributed by atoms with Gasteiger partial charge in [-0.3, -0.25) is 14.4 Å². The average Bonchev–Trinajstić information content (AvgIpc) is 2.53. The zero-order valence-electron chi connectivity index (χ0n) is 15.6. The number of nitrogens with zero attached hydrogens (tertiary/aromatic N) is 2. The molecule has 24 heavy (non-hydrogen) atoms. The second-order valence-electron chi connectivity index (χ2n) is 6.90. The van der Waals surface area contributed by atoms with Crippen LogP contribution in [0.1, 0.15) is 59.8 Å². The van der Waals surface area contributed by atoms with Crippen molar-refractivity contribution in [3.05, 3.63) is 0 Å². The lowest BCUT2D eigenvalue weighted by molar-refractivity contribution is -0.145. The van der Waals surface area contributed by atoms with Crippen molar-refractivity contribution >= 4 is 17.7 Å². The molecular weight excluding hydrogens is 306 g/mol. The molecule has 1 aliphatic heterocycles. The van der Waals surface area contributed by atoms with Gasteiger partial charge in [0.05, 0.1) is 0 Å². The Morgan fingerprint density at radius 2 is 1.83 bits per heavy atom. The van der Waals surface area contributed by atoms with E-state index in [1.165, 1.54) is 0 Å². The van der Waals surface area contributed by atoms with E-state index in [1.54, 1.807) is 4.90 Å². The third-order valence-corrected chi connectivity index (χ3v) is 4.24. The quantitative estimate of drug-likeness (QED) is 0.696. The molecule has 6 nitrogen and oxygen atoms in total. The smallest absolute Gasteiger partial charge is 0.242 e. The van der Waals surface area contributed by atoms with Crippen molar-refractivity contribution in [3.63, 3.8) is 0 Å². The number of carbonyl (C=O) groups is 3. The van der Waals surface area contributed by atoms with E-state index in [1.807, 2.05) is 32.6 Å². The molecule has 0 unspecified atom stereocenters. The van der Waals surface area contributed by atoms with E-state index in [2.05, 4.69) is 5.32 Å². The summed E-state index contributed by atoms with van der Waals surface area (Å²) in [4.78, 5) is 40.4. The Morgan fingerprint density at radius 3 is 2.38 bits per heavy atom. The molecule has 1 heterocycles. The van der Waals surface area contributed by atoms with E-state index in [0.717, 1.165) is 25.9 Å². The summed E-state index contributed by atoms with van der Waals surface area (Å²) < 4.78 is 0. The minimum atomic E-state index is -0.399. The molecule has 0 aliphatic carbocycles. The number of hydrogen-bond acceptors (Lipinski definition) is 3. The van der Waals surface area contributed by atoms with Crippen LogP contribution in [-0.2, 0) is 14.4 Å². The van der Waals surface area contributed by atoms with Gasteiger partial charge in [0, 0.05) is 39.0 Å². The monoisotopic (exact) mass is 339 g/mol. The Bertz CT molecular complexity index is 431. The predicted molar refractivity (Wildman–Crippen MR) is 94.4 cm³/mol. The summed E-state index contributed by atoms with van der Waals surface area (Å²) in [7, 11) is 0. The van der Waals surface area contributed by atoms with Crippen LogP contribution in [0.4, 0.5) is 0 Å². The first-order valence-corrected chi connectivity index (χ1v) is 9.25. The van der Waals surface area contributed by atoms with E-state index in [-0.39, 0.29) is 30.6 Å². The van der Waals surface area contributed by atoms with E-state index in [9.17, 15) is 14.4 Å². The van der Waals surface area contributed by atoms with Crippen LogP contribution in [0.2, 0.25) is 0 Å².